The van der Waals surface area contributed by atoms with Crippen LogP contribution < -0.4 is 10.9 Å². The van der Waals surface area contributed by atoms with Crippen molar-refractivity contribution in [3.8, 4) is 5.75 Å². The van der Waals surface area contributed by atoms with E-state index in [4.69, 9.17) is 0 Å². The van der Waals surface area contributed by atoms with Crippen molar-refractivity contribution in [2.45, 2.75) is 30.3 Å². The summed E-state index contributed by atoms with van der Waals surface area (Å²) in [5, 5.41) is 28.4. The molecule has 0 radical (unpaired) electrons. The van der Waals surface area contributed by atoms with Crippen LogP contribution in [-0.4, -0.2) is 56.0 Å². The van der Waals surface area contributed by atoms with Crippen molar-refractivity contribution in [1.29, 1.82) is 0 Å². The van der Waals surface area contributed by atoms with E-state index in [0.717, 1.165) is 10.5 Å². The molecule has 3 rings (SSSR count). The van der Waals surface area contributed by atoms with Crippen LogP contribution in [0.1, 0.15) is 22.9 Å². The molecule has 0 saturated carbocycles. The minimum Gasteiger partial charge on any atom is -0.508 e. The van der Waals surface area contributed by atoms with Gasteiger partial charge in [0.15, 0.2) is 0 Å². The van der Waals surface area contributed by atoms with Crippen LogP contribution in [-0.2, 0) is 16.0 Å². The molecule has 164 valence electrons. The van der Waals surface area contributed by atoms with E-state index in [-0.39, 0.29) is 17.9 Å². The minimum atomic E-state index is -1.18. The molecule has 0 spiro atoms. The van der Waals surface area contributed by atoms with Crippen molar-refractivity contribution in [3.63, 3.8) is 0 Å². The molecule has 5 N–H and O–H groups in total. The lowest BCUT2D eigenvalue weighted by molar-refractivity contribution is -0.142. The van der Waals surface area contributed by atoms with Gasteiger partial charge in [0, 0.05) is 11.3 Å². The highest BCUT2D eigenvalue weighted by Crippen LogP contribution is 2.44. The summed E-state index contributed by atoms with van der Waals surface area (Å²) in [4.78, 5) is 37.2. The van der Waals surface area contributed by atoms with E-state index in [0.29, 0.717) is 12.0 Å². The zero-order valence-corrected chi connectivity index (χ0v) is 17.3. The molecule has 1 fully saturated rings. The molecule has 2 unspecified atom stereocenters. The number of thioether (sulfide) groups is 1. The molecular weight excluding hydrogens is 422 g/mol. The predicted octanol–water partition coefficient (Wildman–Crippen LogP) is 2.19. The second kappa shape index (κ2) is 10.2. The third kappa shape index (κ3) is 5.47. The number of hydrogen-bond donors (Lipinski definition) is 5. The average Bonchev–Trinajstić information content (AvgIpc) is 3.19. The van der Waals surface area contributed by atoms with Crippen LogP contribution in [0.4, 0.5) is 4.79 Å². The number of hydrogen-bond acceptors (Lipinski definition) is 6. The Kier molecular flexibility index (Phi) is 7.37. The molecular formula is C21H23N3O6S. The lowest BCUT2D eigenvalue weighted by Gasteiger charge is -2.28. The number of rotatable bonds is 8. The Morgan fingerprint density at radius 3 is 2.39 bits per heavy atom. The fourth-order valence-electron chi connectivity index (χ4n) is 3.31. The normalized spacial score (nSPS) is 19.0. The molecule has 2 aromatic rings. The molecule has 31 heavy (non-hydrogen) atoms. The van der Waals surface area contributed by atoms with Crippen molar-refractivity contribution in [1.82, 2.24) is 15.8 Å². The van der Waals surface area contributed by atoms with Crippen molar-refractivity contribution in [3.05, 3.63) is 65.7 Å². The number of phenols is 1. The van der Waals surface area contributed by atoms with Crippen molar-refractivity contribution in [2.24, 2.45) is 0 Å². The predicted molar refractivity (Wildman–Crippen MR) is 114 cm³/mol. The Labute approximate surface area is 183 Å². The fourth-order valence-corrected chi connectivity index (χ4v) is 4.76. The average molecular weight is 445 g/mol. The smallest absolute Gasteiger partial charge is 0.333 e. The van der Waals surface area contributed by atoms with Gasteiger partial charge >= 0.3 is 18.0 Å². The molecule has 1 heterocycles. The largest absolute Gasteiger partial charge is 0.508 e. The number of carbonyl (C=O) groups is 3. The van der Waals surface area contributed by atoms with Gasteiger partial charge in [-0.25, -0.2) is 15.0 Å². The van der Waals surface area contributed by atoms with E-state index < -0.39 is 35.4 Å². The quantitative estimate of drug-likeness (QED) is 0.390. The minimum absolute atomic E-state index is 0.0527. The number of carbonyl (C=O) groups excluding carboxylic acids is 1. The van der Waals surface area contributed by atoms with Crippen LogP contribution in [0.5, 0.6) is 5.75 Å². The zero-order chi connectivity index (χ0) is 22.4. The van der Waals surface area contributed by atoms with Crippen molar-refractivity contribution < 1.29 is 29.7 Å². The van der Waals surface area contributed by atoms with Crippen LogP contribution in [0.3, 0.4) is 0 Å². The summed E-state index contributed by atoms with van der Waals surface area (Å²) in [6, 6.07) is 12.8. The van der Waals surface area contributed by atoms with Crippen molar-refractivity contribution in [2.75, 3.05) is 5.75 Å². The molecule has 2 amide bonds. The maximum Gasteiger partial charge on any atom is 0.333 e. The maximum absolute atomic E-state index is 12.9. The number of phenolic OH excluding ortho intramolecular Hbond substituents is 1. The first-order chi connectivity index (χ1) is 14.9. The molecule has 0 aromatic heterocycles. The number of urea groups is 1. The van der Waals surface area contributed by atoms with Gasteiger partial charge in [-0.2, -0.15) is 0 Å². The molecule has 10 heteroatoms. The summed E-state index contributed by atoms with van der Waals surface area (Å²) < 4.78 is 0. The van der Waals surface area contributed by atoms with Gasteiger partial charge in [-0.1, -0.05) is 48.5 Å². The van der Waals surface area contributed by atoms with Crippen LogP contribution in [0.25, 0.3) is 0 Å². The van der Waals surface area contributed by atoms with Crippen LogP contribution >= 0.6 is 11.8 Å². The van der Waals surface area contributed by atoms with Gasteiger partial charge < -0.3 is 15.3 Å². The van der Waals surface area contributed by atoms with Crippen LogP contribution in [0.15, 0.2) is 54.6 Å². The molecule has 3 atom stereocenters. The molecule has 9 nitrogen and oxygen atoms in total. The number of hydrazine groups is 1. The molecule has 1 aliphatic heterocycles. The van der Waals surface area contributed by atoms with Crippen LogP contribution in [0.2, 0.25) is 0 Å². The number of aryl methyl sites for hydroxylation is 1. The summed E-state index contributed by atoms with van der Waals surface area (Å²) in [5.41, 5.74) is 6.22. The lowest BCUT2D eigenvalue weighted by atomic mass is 10.1. The topological polar surface area (TPSA) is 139 Å². The van der Waals surface area contributed by atoms with Gasteiger partial charge in [0.05, 0.1) is 0 Å². The molecule has 1 saturated heterocycles. The van der Waals surface area contributed by atoms with E-state index in [2.05, 4.69) is 10.9 Å². The highest BCUT2D eigenvalue weighted by Gasteiger charge is 2.43. The number of benzene rings is 2. The molecule has 2 aromatic carbocycles. The van der Waals surface area contributed by atoms with E-state index in [1.165, 1.54) is 17.8 Å². The second-order valence-electron chi connectivity index (χ2n) is 7.00. The standard InChI is InChI=1S/C21H23N3O6S/c25-17-9-5-4-8-14(17)18-24(16(12-31-18)20(28)29)21(30)23-22-15(19(26)27)11-10-13-6-2-1-3-7-13/h1-9,15-16,18,22,25H,10-12H2,(H,23,30)(H,26,27)(H,28,29)/t15?,16-,18?/m0/s1. The number of nitrogens with one attached hydrogen (secondary N) is 2. The number of para-hydroxylation sites is 1. The monoisotopic (exact) mass is 445 g/mol. The first-order valence-electron chi connectivity index (χ1n) is 9.61. The molecule has 0 bridgehead atoms. The number of amides is 2. The lowest BCUT2D eigenvalue weighted by Crippen LogP contribution is -2.55. The van der Waals surface area contributed by atoms with Gasteiger partial charge in [-0.15, -0.1) is 11.8 Å². The first kappa shape index (κ1) is 22.4. The van der Waals surface area contributed by atoms with Gasteiger partial charge in [-0.3, -0.25) is 15.1 Å². The summed E-state index contributed by atoms with van der Waals surface area (Å²) in [5.74, 6) is -2.24. The third-order valence-electron chi connectivity index (χ3n) is 4.94. The van der Waals surface area contributed by atoms with E-state index in [1.54, 1.807) is 18.2 Å². The summed E-state index contributed by atoms with van der Waals surface area (Å²) in [6.45, 7) is 0. The van der Waals surface area contributed by atoms with E-state index >= 15 is 0 Å². The summed E-state index contributed by atoms with van der Waals surface area (Å²) in [7, 11) is 0. The summed E-state index contributed by atoms with van der Waals surface area (Å²) in [6.07, 6.45) is 0.706. The Hall–Kier alpha value is -3.24. The van der Waals surface area contributed by atoms with Gasteiger partial charge in [-0.05, 0) is 24.5 Å². The fraction of sp³-hybridized carbons (Fsp3) is 0.286. The number of aliphatic carboxylic acids is 2. The Morgan fingerprint density at radius 2 is 1.74 bits per heavy atom. The van der Waals surface area contributed by atoms with Gasteiger partial charge in [0.25, 0.3) is 0 Å². The molecule has 0 aliphatic carbocycles. The maximum atomic E-state index is 12.9. The Morgan fingerprint density at radius 1 is 1.06 bits per heavy atom. The summed E-state index contributed by atoms with van der Waals surface area (Å²) >= 11 is 1.21. The van der Waals surface area contributed by atoms with Crippen LogP contribution in [0, 0.1) is 0 Å². The molecule has 1 aliphatic rings. The Balaban J connectivity index is 1.69. The van der Waals surface area contributed by atoms with E-state index in [1.807, 2.05) is 30.3 Å². The Bertz CT molecular complexity index is 942. The third-order valence-corrected chi connectivity index (χ3v) is 6.24. The number of aromatic hydroxyl groups is 1. The van der Waals surface area contributed by atoms with Gasteiger partial charge in [0.2, 0.25) is 0 Å². The highest BCUT2D eigenvalue weighted by molar-refractivity contribution is 7.99. The number of carboxylic acid groups (broad SMARTS) is 2. The first-order valence-corrected chi connectivity index (χ1v) is 10.7. The number of nitrogens with zero attached hydrogens (tertiary/aromatic N) is 1. The highest BCUT2D eigenvalue weighted by atomic mass is 32.2. The van der Waals surface area contributed by atoms with E-state index in [9.17, 15) is 29.7 Å². The van der Waals surface area contributed by atoms with Crippen molar-refractivity contribution >= 4 is 29.7 Å². The van der Waals surface area contributed by atoms with Gasteiger partial charge in [0.1, 0.15) is 23.2 Å². The SMILES string of the molecule is O=C(O)C(CCc1ccccc1)NNC(=O)N1C(c2ccccc2O)SC[C@H]1C(=O)O. The second-order valence-corrected chi connectivity index (χ2v) is 8.11. The zero-order valence-electron chi connectivity index (χ0n) is 16.5. The number of carboxylic acids is 2.